The number of aromatic nitrogens is 2. The third-order valence-electron chi connectivity index (χ3n) is 4.56. The van der Waals surface area contributed by atoms with Crippen LogP contribution in [0, 0.1) is 13.8 Å². The fourth-order valence-electron chi connectivity index (χ4n) is 3.09. The topological polar surface area (TPSA) is 93.1 Å². The number of aryl methyl sites for hydroxylation is 2. The fraction of sp³-hybridized carbons (Fsp3) is 0.273. The lowest BCUT2D eigenvalue weighted by Gasteiger charge is -2.18. The Morgan fingerprint density at radius 2 is 1.90 bits per heavy atom. The maximum Gasteiger partial charge on any atom is 0.321 e. The van der Waals surface area contributed by atoms with Crippen LogP contribution in [0.3, 0.4) is 0 Å². The van der Waals surface area contributed by atoms with Crippen molar-refractivity contribution >= 4 is 34.6 Å². The first-order chi connectivity index (χ1) is 14.3. The van der Waals surface area contributed by atoms with Crippen LogP contribution in [-0.4, -0.2) is 33.3 Å². The highest BCUT2D eigenvalue weighted by atomic mass is 32.2. The first-order valence-corrected chi connectivity index (χ1v) is 10.5. The SMILES string of the molecule is CCNC(=O)NC(=O)C(C)Sc1nc2ccccc2c(=O)n1-c1ccc(C)cc1C. The molecular formula is C22H24N4O3S. The van der Waals surface area contributed by atoms with Crippen LogP contribution in [0.1, 0.15) is 25.0 Å². The predicted molar refractivity (Wildman–Crippen MR) is 119 cm³/mol. The zero-order chi connectivity index (χ0) is 21.8. The molecule has 2 N–H and O–H groups in total. The number of hydrogen-bond donors (Lipinski definition) is 2. The Morgan fingerprint density at radius 3 is 2.60 bits per heavy atom. The molecule has 0 aliphatic heterocycles. The third-order valence-corrected chi connectivity index (χ3v) is 5.62. The van der Waals surface area contributed by atoms with Crippen molar-refractivity contribution < 1.29 is 9.59 Å². The minimum absolute atomic E-state index is 0.202. The van der Waals surface area contributed by atoms with E-state index in [4.69, 9.17) is 0 Å². The smallest absolute Gasteiger partial charge is 0.321 e. The van der Waals surface area contributed by atoms with Crippen LogP contribution in [0.25, 0.3) is 16.6 Å². The molecular weight excluding hydrogens is 400 g/mol. The van der Waals surface area contributed by atoms with E-state index in [-0.39, 0.29) is 5.56 Å². The summed E-state index contributed by atoms with van der Waals surface area (Å²) < 4.78 is 1.54. The number of para-hydroxylation sites is 1. The van der Waals surface area contributed by atoms with Gasteiger partial charge in [0, 0.05) is 6.54 Å². The van der Waals surface area contributed by atoms with Crippen molar-refractivity contribution in [1.82, 2.24) is 20.2 Å². The number of carbonyl (C=O) groups is 2. The summed E-state index contributed by atoms with van der Waals surface area (Å²) in [5, 5.41) is 5.09. The summed E-state index contributed by atoms with van der Waals surface area (Å²) in [6.45, 7) is 7.78. The molecule has 1 unspecified atom stereocenters. The Labute approximate surface area is 178 Å². The Morgan fingerprint density at radius 1 is 1.17 bits per heavy atom. The van der Waals surface area contributed by atoms with E-state index in [0.717, 1.165) is 22.9 Å². The van der Waals surface area contributed by atoms with Gasteiger partial charge in [0.05, 0.1) is 21.8 Å². The number of imide groups is 1. The summed E-state index contributed by atoms with van der Waals surface area (Å²) in [6, 6.07) is 12.4. The van der Waals surface area contributed by atoms with Crippen molar-refractivity contribution in [3.63, 3.8) is 0 Å². The molecule has 3 rings (SSSR count). The van der Waals surface area contributed by atoms with E-state index in [1.807, 2.05) is 38.1 Å². The monoisotopic (exact) mass is 424 g/mol. The number of carbonyl (C=O) groups excluding carboxylic acids is 2. The van der Waals surface area contributed by atoms with E-state index in [0.29, 0.717) is 28.3 Å². The summed E-state index contributed by atoms with van der Waals surface area (Å²) in [7, 11) is 0. The van der Waals surface area contributed by atoms with Crippen LogP contribution in [0.2, 0.25) is 0 Å². The van der Waals surface area contributed by atoms with E-state index in [1.165, 1.54) is 4.57 Å². The molecule has 0 fully saturated rings. The van der Waals surface area contributed by atoms with Crippen LogP contribution < -0.4 is 16.2 Å². The van der Waals surface area contributed by atoms with Gasteiger partial charge in [-0.25, -0.2) is 9.78 Å². The fourth-order valence-corrected chi connectivity index (χ4v) is 4.01. The predicted octanol–water partition coefficient (Wildman–Crippen LogP) is 3.33. The zero-order valence-electron chi connectivity index (χ0n) is 17.4. The molecule has 0 aliphatic carbocycles. The van der Waals surface area contributed by atoms with Crippen LogP contribution in [-0.2, 0) is 4.79 Å². The summed E-state index contributed by atoms with van der Waals surface area (Å²) in [6.07, 6.45) is 0. The molecule has 3 aromatic rings. The number of nitrogens with zero attached hydrogens (tertiary/aromatic N) is 2. The molecule has 2 aromatic carbocycles. The van der Waals surface area contributed by atoms with Crippen LogP contribution >= 0.6 is 11.8 Å². The molecule has 7 nitrogen and oxygen atoms in total. The van der Waals surface area contributed by atoms with Gasteiger partial charge in [0.25, 0.3) is 5.56 Å². The van der Waals surface area contributed by atoms with Crippen molar-refractivity contribution in [2.24, 2.45) is 0 Å². The highest BCUT2D eigenvalue weighted by Crippen LogP contribution is 2.26. The number of amides is 3. The number of nitrogens with one attached hydrogen (secondary N) is 2. The third kappa shape index (κ3) is 4.54. The van der Waals surface area contributed by atoms with E-state index in [9.17, 15) is 14.4 Å². The van der Waals surface area contributed by atoms with Gasteiger partial charge in [0.2, 0.25) is 5.91 Å². The molecule has 1 heterocycles. The lowest BCUT2D eigenvalue weighted by molar-refractivity contribution is -0.119. The standard InChI is InChI=1S/C22H24N4O3S/c1-5-23-21(29)25-19(27)15(4)30-22-24-17-9-7-6-8-16(17)20(28)26(22)18-11-10-13(2)12-14(18)3/h6-12,15H,5H2,1-4H3,(H2,23,25,27,29). The van der Waals surface area contributed by atoms with Crippen molar-refractivity contribution in [3.8, 4) is 5.69 Å². The maximum atomic E-state index is 13.3. The second-order valence-corrected chi connectivity index (χ2v) is 8.26. The first kappa shape index (κ1) is 21.6. The molecule has 0 saturated heterocycles. The largest absolute Gasteiger partial charge is 0.338 e. The highest BCUT2D eigenvalue weighted by Gasteiger charge is 2.22. The molecule has 0 aliphatic rings. The van der Waals surface area contributed by atoms with Gasteiger partial charge in [0.15, 0.2) is 5.16 Å². The van der Waals surface area contributed by atoms with Crippen molar-refractivity contribution in [3.05, 3.63) is 63.9 Å². The zero-order valence-corrected chi connectivity index (χ0v) is 18.2. The average molecular weight is 425 g/mol. The first-order valence-electron chi connectivity index (χ1n) is 9.66. The molecule has 0 bridgehead atoms. The van der Waals surface area contributed by atoms with E-state index < -0.39 is 17.2 Å². The van der Waals surface area contributed by atoms with E-state index in [2.05, 4.69) is 15.6 Å². The number of thioether (sulfide) groups is 1. The summed E-state index contributed by atoms with van der Waals surface area (Å²) in [5.74, 6) is -0.458. The van der Waals surface area contributed by atoms with Crippen molar-refractivity contribution in [2.75, 3.05) is 6.54 Å². The molecule has 30 heavy (non-hydrogen) atoms. The number of hydrogen-bond acceptors (Lipinski definition) is 5. The second-order valence-electron chi connectivity index (χ2n) is 6.95. The van der Waals surface area contributed by atoms with Crippen molar-refractivity contribution in [2.45, 2.75) is 38.1 Å². The van der Waals surface area contributed by atoms with Crippen molar-refractivity contribution in [1.29, 1.82) is 0 Å². The lowest BCUT2D eigenvalue weighted by Crippen LogP contribution is -2.42. The summed E-state index contributed by atoms with van der Waals surface area (Å²) >= 11 is 1.13. The molecule has 1 atom stereocenters. The van der Waals surface area contributed by atoms with E-state index in [1.54, 1.807) is 32.0 Å². The molecule has 0 saturated carbocycles. The van der Waals surface area contributed by atoms with Gasteiger partial charge in [-0.2, -0.15) is 0 Å². The van der Waals surface area contributed by atoms with Gasteiger partial charge in [0.1, 0.15) is 0 Å². The average Bonchev–Trinajstić information content (AvgIpc) is 2.69. The van der Waals surface area contributed by atoms with Gasteiger partial charge < -0.3 is 5.32 Å². The van der Waals surface area contributed by atoms with Gasteiger partial charge in [-0.05, 0) is 51.5 Å². The van der Waals surface area contributed by atoms with E-state index >= 15 is 0 Å². The van der Waals surface area contributed by atoms with Crippen LogP contribution in [0.5, 0.6) is 0 Å². The molecule has 0 spiro atoms. The van der Waals surface area contributed by atoms with Gasteiger partial charge in [-0.15, -0.1) is 0 Å². The van der Waals surface area contributed by atoms with Gasteiger partial charge in [-0.1, -0.05) is 41.6 Å². The van der Waals surface area contributed by atoms with Crippen LogP contribution in [0.15, 0.2) is 52.4 Å². The number of rotatable bonds is 5. The molecule has 8 heteroatoms. The number of benzene rings is 2. The molecule has 156 valence electrons. The minimum atomic E-state index is -0.641. The Balaban J connectivity index is 2.08. The quantitative estimate of drug-likeness (QED) is 0.484. The number of fused-ring (bicyclic) bond motifs is 1. The van der Waals surface area contributed by atoms with Crippen LogP contribution in [0.4, 0.5) is 4.79 Å². The summed E-state index contributed by atoms with van der Waals surface area (Å²) in [4.78, 5) is 42.1. The molecule has 1 aromatic heterocycles. The summed E-state index contributed by atoms with van der Waals surface area (Å²) in [5.41, 5.74) is 3.08. The van der Waals surface area contributed by atoms with Gasteiger partial charge >= 0.3 is 6.03 Å². The molecule has 3 amide bonds. The maximum absolute atomic E-state index is 13.3. The lowest BCUT2D eigenvalue weighted by atomic mass is 10.1. The normalized spacial score (nSPS) is 11.9. The van der Waals surface area contributed by atoms with Gasteiger partial charge in [-0.3, -0.25) is 19.5 Å². The molecule has 0 radical (unpaired) electrons. The Kier molecular flexibility index (Phi) is 6.56. The minimum Gasteiger partial charge on any atom is -0.338 e. The Hall–Kier alpha value is -3.13. The highest BCUT2D eigenvalue weighted by molar-refractivity contribution is 8.00. The second kappa shape index (κ2) is 9.13. The Bertz CT molecular complexity index is 1170. The number of urea groups is 1.